The summed E-state index contributed by atoms with van der Waals surface area (Å²) in [7, 11) is 0. The number of allylic oxidation sites excluding steroid dienone is 4. The largest absolute Gasteiger partial charge is 0.436 e. The summed E-state index contributed by atoms with van der Waals surface area (Å²) in [6.07, 6.45) is 7.94. The molecule has 0 radical (unpaired) electrons. The Labute approximate surface area is 325 Å². The third-order valence-electron chi connectivity index (χ3n) is 11.0. The van der Waals surface area contributed by atoms with Crippen LogP contribution >= 0.6 is 11.3 Å². The van der Waals surface area contributed by atoms with E-state index in [1.54, 1.807) is 11.3 Å². The van der Waals surface area contributed by atoms with Gasteiger partial charge in [0.15, 0.2) is 28.2 Å². The highest BCUT2D eigenvalue weighted by Crippen LogP contribution is 2.46. The van der Waals surface area contributed by atoms with E-state index in [2.05, 4.69) is 102 Å². The van der Waals surface area contributed by atoms with Crippen molar-refractivity contribution in [2.24, 2.45) is 11.8 Å². The smallest absolute Gasteiger partial charge is 0.227 e. The van der Waals surface area contributed by atoms with Gasteiger partial charge in [-0.05, 0) is 90.0 Å². The average Bonchev–Trinajstić information content (AvgIpc) is 3.54. The Balaban J connectivity index is 0.911. The van der Waals surface area contributed by atoms with Crippen molar-refractivity contribution in [3.63, 3.8) is 0 Å². The van der Waals surface area contributed by atoms with E-state index in [-0.39, 0.29) is 0 Å². The van der Waals surface area contributed by atoms with Gasteiger partial charge in [-0.25, -0.2) is 24.9 Å². The van der Waals surface area contributed by atoms with Gasteiger partial charge >= 0.3 is 0 Å². The topological polar surface area (TPSA) is 82.5 Å². The highest BCUT2D eigenvalue weighted by atomic mass is 32.1. The van der Waals surface area contributed by atoms with Crippen LogP contribution in [0.4, 0.5) is 0 Å². The molecule has 1 saturated carbocycles. The first-order valence-corrected chi connectivity index (χ1v) is 19.6. The van der Waals surface area contributed by atoms with Gasteiger partial charge in [-0.3, -0.25) is 4.57 Å². The first kappa shape index (κ1) is 31.3. The highest BCUT2D eigenvalue weighted by Gasteiger charge is 2.35. The van der Waals surface area contributed by atoms with Crippen LogP contribution in [-0.4, -0.2) is 29.5 Å². The molecule has 4 heterocycles. The van der Waals surface area contributed by atoms with Crippen LogP contribution in [0.3, 0.4) is 0 Å². The third-order valence-corrected chi connectivity index (χ3v) is 12.0. The lowest BCUT2D eigenvalue weighted by Crippen LogP contribution is -2.03. The van der Waals surface area contributed by atoms with Crippen molar-refractivity contribution >= 4 is 60.0 Å². The molecule has 4 aromatic heterocycles. The summed E-state index contributed by atoms with van der Waals surface area (Å²) < 4.78 is 9.94. The number of aromatic nitrogens is 6. The molecular formula is C48H30N6OS. The molecule has 0 bridgehead atoms. The van der Waals surface area contributed by atoms with E-state index >= 15 is 0 Å². The fourth-order valence-corrected chi connectivity index (χ4v) is 8.99. The molecule has 264 valence electrons. The SMILES string of the molecule is C1=C[C@H]2CC2C=C1c1nc(-c2ccccc2)nc(-c2ccc3nc(-c4cccc(-c5ccc6c(c5)c5ccccc5n6-c5nc6ccccc6s5)c4)oc3c2)n1. The predicted molar refractivity (Wildman–Crippen MR) is 225 cm³/mol. The zero-order valence-corrected chi connectivity index (χ0v) is 30.7. The summed E-state index contributed by atoms with van der Waals surface area (Å²) in [6, 6.07) is 48.0. The third kappa shape index (κ3) is 5.21. The van der Waals surface area contributed by atoms with E-state index in [4.69, 9.17) is 29.3 Å². The van der Waals surface area contributed by atoms with E-state index in [9.17, 15) is 0 Å². The average molecular weight is 739 g/mol. The summed E-state index contributed by atoms with van der Waals surface area (Å²) in [6.45, 7) is 0. The van der Waals surface area contributed by atoms with Crippen LogP contribution in [0.15, 0.2) is 162 Å². The van der Waals surface area contributed by atoms with E-state index < -0.39 is 0 Å². The quantitative estimate of drug-likeness (QED) is 0.169. The van der Waals surface area contributed by atoms with Gasteiger partial charge in [0.25, 0.3) is 0 Å². The molecule has 1 fully saturated rings. The summed E-state index contributed by atoms with van der Waals surface area (Å²) in [4.78, 5) is 24.8. The molecule has 7 nitrogen and oxygen atoms in total. The number of rotatable bonds is 6. The van der Waals surface area contributed by atoms with Gasteiger partial charge in [-0.2, -0.15) is 0 Å². The van der Waals surface area contributed by atoms with Gasteiger partial charge in [-0.1, -0.05) is 108 Å². The standard InChI is InChI=1S/C48H30N6OS/c1-2-9-28(10-3-1)44-51-45(32-18-17-30-24-35(30)25-32)53-46(52-44)33-19-21-38-42(27-33)55-47(49-38)34-12-8-11-29(23-34)31-20-22-41-37(26-31)36-13-4-6-15-40(36)54(41)48-50-39-14-5-7-16-43(39)56-48/h1-23,25-27,30,35H,24H2/t30-,35?/m0/s1. The lowest BCUT2D eigenvalue weighted by atomic mass is 10.0. The molecule has 10 aromatic rings. The molecule has 1 unspecified atom stereocenters. The van der Waals surface area contributed by atoms with Crippen molar-refractivity contribution in [3.8, 4) is 50.5 Å². The Bertz CT molecular complexity index is 3230. The van der Waals surface area contributed by atoms with E-state index in [1.807, 2.05) is 60.7 Å². The molecule has 0 amide bonds. The molecule has 2 atom stereocenters. The molecule has 2 aliphatic carbocycles. The van der Waals surface area contributed by atoms with Gasteiger partial charge in [-0.15, -0.1) is 0 Å². The molecule has 0 N–H and O–H groups in total. The Hall–Kier alpha value is -7.03. The van der Waals surface area contributed by atoms with Gasteiger partial charge in [0, 0.05) is 33.0 Å². The second-order valence-corrected chi connectivity index (χ2v) is 15.6. The number of benzene rings is 6. The Kier molecular flexibility index (Phi) is 6.85. The van der Waals surface area contributed by atoms with Crippen molar-refractivity contribution in [3.05, 3.63) is 164 Å². The lowest BCUT2D eigenvalue weighted by molar-refractivity contribution is 0.620. The van der Waals surface area contributed by atoms with E-state index in [0.717, 1.165) is 60.6 Å². The predicted octanol–water partition coefficient (Wildman–Crippen LogP) is 12.0. The second kappa shape index (κ2) is 12.2. The number of fused-ring (bicyclic) bond motifs is 6. The molecule has 0 spiro atoms. The minimum atomic E-state index is 0.560. The summed E-state index contributed by atoms with van der Waals surface area (Å²) in [5.74, 6) is 3.73. The van der Waals surface area contributed by atoms with Gasteiger partial charge < -0.3 is 4.42 Å². The van der Waals surface area contributed by atoms with Crippen molar-refractivity contribution in [2.75, 3.05) is 0 Å². The second-order valence-electron chi connectivity index (χ2n) is 14.5. The molecule has 2 aliphatic rings. The Morgan fingerprint density at radius 1 is 0.536 bits per heavy atom. The normalized spacial score (nSPS) is 16.2. The minimum absolute atomic E-state index is 0.560. The van der Waals surface area contributed by atoms with Crippen molar-refractivity contribution < 1.29 is 4.42 Å². The maximum absolute atomic E-state index is 6.48. The number of thiazole rings is 1. The van der Waals surface area contributed by atoms with Crippen LogP contribution in [0.5, 0.6) is 0 Å². The Morgan fingerprint density at radius 2 is 1.29 bits per heavy atom. The zero-order valence-electron chi connectivity index (χ0n) is 29.9. The van der Waals surface area contributed by atoms with E-state index in [0.29, 0.717) is 40.8 Å². The van der Waals surface area contributed by atoms with Crippen LogP contribution in [-0.2, 0) is 0 Å². The highest BCUT2D eigenvalue weighted by molar-refractivity contribution is 7.20. The van der Waals surface area contributed by atoms with Crippen LogP contribution < -0.4 is 0 Å². The number of oxazole rings is 1. The molecule has 8 heteroatoms. The van der Waals surface area contributed by atoms with Crippen molar-refractivity contribution in [1.82, 2.24) is 29.5 Å². The maximum Gasteiger partial charge on any atom is 0.227 e. The van der Waals surface area contributed by atoms with Gasteiger partial charge in [0.1, 0.15) is 5.52 Å². The summed E-state index contributed by atoms with van der Waals surface area (Å²) in [5, 5.41) is 3.34. The Morgan fingerprint density at radius 3 is 2.20 bits per heavy atom. The van der Waals surface area contributed by atoms with Crippen LogP contribution in [0, 0.1) is 11.8 Å². The first-order chi connectivity index (χ1) is 27.7. The zero-order chi connectivity index (χ0) is 36.7. The fourth-order valence-electron chi connectivity index (χ4n) is 7.99. The van der Waals surface area contributed by atoms with Gasteiger partial charge in [0.05, 0.1) is 21.3 Å². The molecule has 0 saturated heterocycles. The molecule has 12 rings (SSSR count). The lowest BCUT2D eigenvalue weighted by Gasteiger charge is -2.10. The van der Waals surface area contributed by atoms with E-state index in [1.165, 1.54) is 21.9 Å². The van der Waals surface area contributed by atoms with Crippen molar-refractivity contribution in [1.29, 1.82) is 0 Å². The monoisotopic (exact) mass is 738 g/mol. The van der Waals surface area contributed by atoms with Crippen molar-refractivity contribution in [2.45, 2.75) is 6.42 Å². The molecular weight excluding hydrogens is 709 g/mol. The molecule has 6 aromatic carbocycles. The number of hydrogen-bond acceptors (Lipinski definition) is 7. The number of hydrogen-bond donors (Lipinski definition) is 0. The van der Waals surface area contributed by atoms with Crippen LogP contribution in [0.2, 0.25) is 0 Å². The number of nitrogens with zero attached hydrogens (tertiary/aromatic N) is 6. The van der Waals surface area contributed by atoms with Crippen LogP contribution in [0.25, 0.3) is 99.2 Å². The minimum Gasteiger partial charge on any atom is -0.436 e. The summed E-state index contributed by atoms with van der Waals surface area (Å²) >= 11 is 1.71. The first-order valence-electron chi connectivity index (χ1n) is 18.8. The van der Waals surface area contributed by atoms with Gasteiger partial charge in [0.2, 0.25) is 5.89 Å². The molecule has 0 aliphatic heterocycles. The van der Waals surface area contributed by atoms with Crippen LogP contribution in [0.1, 0.15) is 12.2 Å². The number of para-hydroxylation sites is 2. The maximum atomic E-state index is 6.48. The molecule has 56 heavy (non-hydrogen) atoms. The summed E-state index contributed by atoms with van der Waals surface area (Å²) in [5.41, 5.74) is 10.7. The fraction of sp³-hybridized carbons (Fsp3) is 0.0625.